The van der Waals surface area contributed by atoms with E-state index in [0.717, 1.165) is 98.8 Å². The molecule has 8 rings (SSSR count). The lowest BCUT2D eigenvalue weighted by molar-refractivity contribution is -0.179. The molecule has 4 saturated carbocycles. The van der Waals surface area contributed by atoms with Crippen LogP contribution in [0.4, 0.5) is 0 Å². The number of ketones is 1. The zero-order chi connectivity index (χ0) is 36.0. The lowest BCUT2D eigenvalue weighted by Gasteiger charge is -2.69. The molecule has 5 nitrogen and oxygen atoms in total. The van der Waals surface area contributed by atoms with Crippen molar-refractivity contribution in [2.75, 3.05) is 7.11 Å². The van der Waals surface area contributed by atoms with Gasteiger partial charge in [0.25, 0.3) is 0 Å². The molecule has 1 aromatic carbocycles. The van der Waals surface area contributed by atoms with Crippen molar-refractivity contribution in [2.45, 2.75) is 150 Å². The van der Waals surface area contributed by atoms with Crippen molar-refractivity contribution in [3.8, 4) is 11.5 Å². The fourth-order valence-corrected chi connectivity index (χ4v) is 13.4. The normalized spacial score (nSPS) is 45.6. The summed E-state index contributed by atoms with van der Waals surface area (Å²) in [6.07, 6.45) is 15.1. The third kappa shape index (κ3) is 3.96. The fraction of sp³-hybridized carbons (Fsp3) is 0.689. The Balaban J connectivity index is 1.24. The quantitative estimate of drug-likeness (QED) is 0.230. The lowest BCUT2D eigenvalue weighted by atomic mass is 9.34. The number of carbonyl (C=O) groups excluding carboxylic acids is 2. The summed E-state index contributed by atoms with van der Waals surface area (Å²) in [5.74, 6) is 2.61. The number of methoxy groups -OCH3 is 1. The predicted octanol–water partition coefficient (Wildman–Crippen LogP) is 10.6. The van der Waals surface area contributed by atoms with E-state index in [1.165, 1.54) is 23.8 Å². The van der Waals surface area contributed by atoms with E-state index in [4.69, 9.17) is 14.2 Å². The van der Waals surface area contributed by atoms with Gasteiger partial charge in [-0.1, -0.05) is 52.8 Å². The van der Waals surface area contributed by atoms with E-state index in [2.05, 4.69) is 81.0 Å². The Kier molecular flexibility index (Phi) is 7.13. The van der Waals surface area contributed by atoms with Crippen LogP contribution in [-0.2, 0) is 14.9 Å². The van der Waals surface area contributed by atoms with Crippen LogP contribution in [0.1, 0.15) is 148 Å². The molecule has 0 spiro atoms. The number of carbonyl (C=O) groups is 2. The molecule has 0 bridgehead atoms. The number of fused-ring (bicyclic) bond motifs is 8. The van der Waals surface area contributed by atoms with Gasteiger partial charge in [-0.2, -0.15) is 0 Å². The minimum atomic E-state index is -0.559. The van der Waals surface area contributed by atoms with E-state index in [1.54, 1.807) is 0 Å². The third-order valence-electron chi connectivity index (χ3n) is 17.2. The first kappa shape index (κ1) is 34.3. The lowest BCUT2D eigenvalue weighted by Crippen LogP contribution is -2.64. The van der Waals surface area contributed by atoms with Crippen LogP contribution in [0.5, 0.6) is 11.5 Å². The van der Waals surface area contributed by atoms with Crippen molar-refractivity contribution >= 4 is 11.8 Å². The Bertz CT molecular complexity index is 1800. The van der Waals surface area contributed by atoms with Crippen LogP contribution >= 0.6 is 0 Å². The van der Waals surface area contributed by atoms with Crippen LogP contribution in [0.3, 0.4) is 0 Å². The molecule has 1 aliphatic heterocycles. The minimum Gasteiger partial charge on any atom is -0.478 e. The van der Waals surface area contributed by atoms with Crippen molar-refractivity contribution in [2.24, 2.45) is 39.4 Å². The molecule has 0 N–H and O–H groups in total. The topological polar surface area (TPSA) is 61.8 Å². The van der Waals surface area contributed by atoms with Gasteiger partial charge in [-0.25, -0.2) is 0 Å². The molecular weight excluding hydrogens is 620 g/mol. The van der Waals surface area contributed by atoms with Gasteiger partial charge in [0.1, 0.15) is 0 Å². The molecule has 50 heavy (non-hydrogen) atoms. The van der Waals surface area contributed by atoms with Gasteiger partial charge in [-0.15, -0.1) is 0 Å². The van der Waals surface area contributed by atoms with Gasteiger partial charge in [-0.05, 0) is 142 Å². The van der Waals surface area contributed by atoms with Crippen LogP contribution in [0, 0.1) is 46.3 Å². The summed E-state index contributed by atoms with van der Waals surface area (Å²) in [4.78, 5) is 27.8. The number of rotatable bonds is 2. The molecule has 0 saturated heterocycles. The number of ether oxygens (including phenoxy) is 3. The molecule has 6 aliphatic carbocycles. The molecule has 7 aliphatic rings. The van der Waals surface area contributed by atoms with E-state index in [1.807, 2.05) is 6.08 Å². The summed E-state index contributed by atoms with van der Waals surface area (Å²) in [7, 11) is 1.53. The highest BCUT2D eigenvalue weighted by atomic mass is 16.6. The number of esters is 1. The van der Waals surface area contributed by atoms with Gasteiger partial charge in [0.15, 0.2) is 28.5 Å². The molecular formula is C45H60O5. The Labute approximate surface area is 300 Å². The number of allylic oxidation sites excluding steroid dienone is 3. The third-order valence-corrected chi connectivity index (χ3v) is 17.2. The summed E-state index contributed by atoms with van der Waals surface area (Å²) in [5, 5.41) is 0. The number of benzene rings is 1. The summed E-state index contributed by atoms with van der Waals surface area (Å²) >= 11 is 0. The highest BCUT2D eigenvalue weighted by Gasteiger charge is 2.69. The molecule has 0 radical (unpaired) electrons. The molecule has 270 valence electrons. The Morgan fingerprint density at radius 3 is 2.38 bits per heavy atom. The molecule has 1 aromatic rings. The number of hydrogen-bond donors (Lipinski definition) is 0. The van der Waals surface area contributed by atoms with Crippen LogP contribution in [0.25, 0.3) is 0 Å². The Morgan fingerprint density at radius 1 is 0.960 bits per heavy atom. The van der Waals surface area contributed by atoms with Crippen LogP contribution < -0.4 is 9.47 Å². The number of hydrogen-bond acceptors (Lipinski definition) is 5. The summed E-state index contributed by atoms with van der Waals surface area (Å²) < 4.78 is 20.2. The zero-order valence-electron chi connectivity index (χ0n) is 32.5. The van der Waals surface area contributed by atoms with E-state index in [-0.39, 0.29) is 39.3 Å². The summed E-state index contributed by atoms with van der Waals surface area (Å²) in [5.41, 5.74) is 4.72. The van der Waals surface area contributed by atoms with Gasteiger partial charge < -0.3 is 14.2 Å². The average Bonchev–Trinajstić information content (AvgIpc) is 3.28. The largest absolute Gasteiger partial charge is 0.478 e. The van der Waals surface area contributed by atoms with Crippen molar-refractivity contribution in [1.82, 2.24) is 0 Å². The van der Waals surface area contributed by atoms with Gasteiger partial charge >= 0.3 is 5.97 Å². The van der Waals surface area contributed by atoms with Crippen LogP contribution in [0.2, 0.25) is 0 Å². The first-order valence-corrected chi connectivity index (χ1v) is 19.6. The van der Waals surface area contributed by atoms with E-state index < -0.39 is 16.6 Å². The minimum absolute atomic E-state index is 0.0555. The SMILES string of the molecule is C=C(C)C1CCC(C)C23CC=C(C)C2(C1)Oc1cc2c(c(C)c1O3)C(=O)C=C1C2(C)CCC2(C)C3CC(C)(C(=O)OC)CCC3(C)CCC12C. The van der Waals surface area contributed by atoms with Crippen molar-refractivity contribution in [3.63, 3.8) is 0 Å². The van der Waals surface area contributed by atoms with Gasteiger partial charge in [-0.3, -0.25) is 9.59 Å². The second kappa shape index (κ2) is 10.4. The van der Waals surface area contributed by atoms with Gasteiger partial charge in [0.2, 0.25) is 0 Å². The second-order valence-corrected chi connectivity index (χ2v) is 19.5. The average molecular weight is 681 g/mol. The molecule has 0 aromatic heterocycles. The Hall–Kier alpha value is -2.82. The maximum atomic E-state index is 14.6. The first-order chi connectivity index (χ1) is 23.3. The fourth-order valence-electron chi connectivity index (χ4n) is 13.4. The van der Waals surface area contributed by atoms with Crippen LogP contribution in [0.15, 0.2) is 41.5 Å². The van der Waals surface area contributed by atoms with E-state index >= 15 is 0 Å². The molecule has 1 heterocycles. The predicted molar refractivity (Wildman–Crippen MR) is 198 cm³/mol. The standard InChI is InChI=1S/C45H60O5/c1-26(2)30-13-12-27(3)44-15-14-28(4)45(44,24-30)49-33-22-31-36(29(5)37(33)50-44)32(46)23-34-41(31,8)19-21-43(10)35-25-40(7,38(47)48-11)17-16-39(35,6)18-20-42(34,43)9/h14,22-23,27,30,35H,1,12-13,15-21,24-25H2,2-11H3. The van der Waals surface area contributed by atoms with Gasteiger partial charge in [0.05, 0.1) is 12.5 Å². The van der Waals surface area contributed by atoms with Crippen molar-refractivity contribution < 1.29 is 23.8 Å². The second-order valence-electron chi connectivity index (χ2n) is 19.5. The van der Waals surface area contributed by atoms with E-state index in [9.17, 15) is 9.59 Å². The maximum absolute atomic E-state index is 14.6. The van der Waals surface area contributed by atoms with Crippen molar-refractivity contribution in [3.05, 3.63) is 58.2 Å². The highest BCUT2D eigenvalue weighted by molar-refractivity contribution is 6.10. The summed E-state index contributed by atoms with van der Waals surface area (Å²) in [6.45, 7) is 25.2. The molecule has 0 amide bonds. The van der Waals surface area contributed by atoms with Crippen LogP contribution in [-0.4, -0.2) is 30.1 Å². The zero-order valence-corrected chi connectivity index (χ0v) is 32.5. The molecule has 10 atom stereocenters. The van der Waals surface area contributed by atoms with Gasteiger partial charge in [0, 0.05) is 35.3 Å². The first-order valence-electron chi connectivity index (χ1n) is 19.6. The monoisotopic (exact) mass is 680 g/mol. The van der Waals surface area contributed by atoms with E-state index in [0.29, 0.717) is 11.8 Å². The summed E-state index contributed by atoms with van der Waals surface area (Å²) in [6, 6.07) is 2.23. The smallest absolute Gasteiger partial charge is 0.311 e. The molecule has 4 fully saturated rings. The molecule has 5 heteroatoms. The highest BCUT2D eigenvalue weighted by Crippen LogP contribution is 2.75. The Morgan fingerprint density at radius 2 is 1.68 bits per heavy atom. The maximum Gasteiger partial charge on any atom is 0.311 e. The molecule has 10 unspecified atom stereocenters. The van der Waals surface area contributed by atoms with Crippen molar-refractivity contribution in [1.29, 1.82) is 0 Å².